The van der Waals surface area contributed by atoms with Crippen LogP contribution in [-0.2, 0) is 17.8 Å². The van der Waals surface area contributed by atoms with Crippen LogP contribution in [0.25, 0.3) is 5.95 Å². The smallest absolute Gasteiger partial charge is 0.335 e. The molecule has 2 aromatic heterocycles. The van der Waals surface area contributed by atoms with Crippen molar-refractivity contribution in [3.05, 3.63) is 69.8 Å². The summed E-state index contributed by atoms with van der Waals surface area (Å²) < 4.78 is 1.67. The maximum Gasteiger partial charge on any atom is 0.335 e. The molecule has 0 aliphatic heterocycles. The average Bonchev–Trinajstić information content (AvgIpc) is 2.94. The highest BCUT2D eigenvalue weighted by molar-refractivity contribution is 5.87. The molecular weight excluding hydrogens is 370 g/mol. The Morgan fingerprint density at radius 1 is 1.03 bits per heavy atom. The average molecular weight is 393 g/mol. The van der Waals surface area contributed by atoms with Crippen LogP contribution in [0, 0.1) is 27.7 Å². The predicted molar refractivity (Wildman–Crippen MR) is 107 cm³/mol. The molecule has 8 heteroatoms. The number of carbonyl (C=O) groups is 2. The van der Waals surface area contributed by atoms with Gasteiger partial charge in [0.1, 0.15) is 0 Å². The largest absolute Gasteiger partial charge is 0.478 e. The summed E-state index contributed by atoms with van der Waals surface area (Å²) in [6.45, 7) is 7.89. The van der Waals surface area contributed by atoms with Crippen molar-refractivity contribution in [2.75, 3.05) is 0 Å². The van der Waals surface area contributed by atoms with Gasteiger partial charge < -0.3 is 10.4 Å². The number of nitrogens with one attached hydrogen (secondary N) is 1. The van der Waals surface area contributed by atoms with Gasteiger partial charge in [0.15, 0.2) is 0 Å². The van der Waals surface area contributed by atoms with Crippen molar-refractivity contribution in [2.45, 2.75) is 40.7 Å². The fraction of sp³-hybridized carbons (Fsp3) is 0.286. The van der Waals surface area contributed by atoms with Crippen LogP contribution in [0.2, 0.25) is 0 Å². The molecule has 8 nitrogen and oxygen atoms in total. The normalized spacial score (nSPS) is 10.8. The minimum atomic E-state index is -0.976. The molecule has 0 atom stereocenters. The van der Waals surface area contributed by atoms with Crippen LogP contribution < -0.4 is 5.32 Å². The molecule has 29 heavy (non-hydrogen) atoms. The Labute approximate surface area is 168 Å². The van der Waals surface area contributed by atoms with Crippen molar-refractivity contribution in [1.29, 1.82) is 0 Å². The van der Waals surface area contributed by atoms with E-state index in [9.17, 15) is 9.59 Å². The Morgan fingerprint density at radius 3 is 2.24 bits per heavy atom. The lowest BCUT2D eigenvalue weighted by Crippen LogP contribution is -2.25. The molecule has 2 N–H and O–H groups in total. The topological polar surface area (TPSA) is 110 Å². The van der Waals surface area contributed by atoms with E-state index in [2.05, 4.69) is 20.4 Å². The molecule has 0 radical (unpaired) electrons. The summed E-state index contributed by atoms with van der Waals surface area (Å²) in [4.78, 5) is 32.2. The van der Waals surface area contributed by atoms with Crippen molar-refractivity contribution in [2.24, 2.45) is 0 Å². The Bertz CT molecular complexity index is 1050. The van der Waals surface area contributed by atoms with Crippen LogP contribution in [0.15, 0.2) is 30.3 Å². The number of aromatic nitrogens is 4. The predicted octanol–water partition coefficient (Wildman–Crippen LogP) is 2.45. The second kappa shape index (κ2) is 8.22. The number of hydrogen-bond acceptors (Lipinski definition) is 5. The van der Waals surface area contributed by atoms with E-state index in [4.69, 9.17) is 5.11 Å². The lowest BCUT2D eigenvalue weighted by molar-refractivity contribution is -0.120. The summed E-state index contributed by atoms with van der Waals surface area (Å²) in [6.07, 6.45) is 0.190. The van der Waals surface area contributed by atoms with Crippen LogP contribution in [0.3, 0.4) is 0 Å². The van der Waals surface area contributed by atoms with E-state index in [1.54, 1.807) is 16.8 Å². The molecule has 3 rings (SSSR count). The third-order valence-corrected chi connectivity index (χ3v) is 4.63. The fourth-order valence-electron chi connectivity index (χ4n) is 3.12. The van der Waals surface area contributed by atoms with Crippen LogP contribution >= 0.6 is 0 Å². The van der Waals surface area contributed by atoms with Gasteiger partial charge in [-0.15, -0.1) is 0 Å². The molecular formula is C21H23N5O3. The van der Waals surface area contributed by atoms with Gasteiger partial charge in [-0.1, -0.05) is 12.1 Å². The number of carboxylic acid groups (broad SMARTS) is 1. The number of carboxylic acids is 1. The lowest BCUT2D eigenvalue weighted by atomic mass is 10.1. The fourth-order valence-corrected chi connectivity index (χ4v) is 3.12. The first kappa shape index (κ1) is 20.2. The highest BCUT2D eigenvalue weighted by Crippen LogP contribution is 2.17. The molecule has 3 aromatic rings. The van der Waals surface area contributed by atoms with Gasteiger partial charge in [0.05, 0.1) is 17.7 Å². The summed E-state index contributed by atoms with van der Waals surface area (Å²) in [5.74, 6) is -0.621. The first-order chi connectivity index (χ1) is 13.7. The van der Waals surface area contributed by atoms with Crippen molar-refractivity contribution in [3.8, 4) is 5.95 Å². The van der Waals surface area contributed by atoms with Gasteiger partial charge in [-0.2, -0.15) is 5.10 Å². The molecule has 0 spiro atoms. The molecule has 0 aliphatic carbocycles. The molecule has 0 bridgehead atoms. The lowest BCUT2D eigenvalue weighted by Gasteiger charge is -2.07. The van der Waals surface area contributed by atoms with Crippen LogP contribution in [-0.4, -0.2) is 36.7 Å². The summed E-state index contributed by atoms with van der Waals surface area (Å²) in [6, 6.07) is 8.32. The van der Waals surface area contributed by atoms with Crippen LogP contribution in [0.4, 0.5) is 0 Å². The minimum absolute atomic E-state index is 0.139. The first-order valence-corrected chi connectivity index (χ1v) is 9.21. The number of carbonyl (C=O) groups excluding carboxylic acids is 1. The number of amides is 1. The van der Waals surface area contributed by atoms with Gasteiger partial charge in [-0.3, -0.25) is 4.79 Å². The first-order valence-electron chi connectivity index (χ1n) is 9.21. The number of aromatic carboxylic acids is 1. The third kappa shape index (κ3) is 4.66. The summed E-state index contributed by atoms with van der Waals surface area (Å²) in [5, 5.41) is 16.3. The van der Waals surface area contributed by atoms with Gasteiger partial charge in [0.25, 0.3) is 5.95 Å². The molecule has 0 saturated heterocycles. The SMILES string of the molecule is Cc1cc(C)nc(-n2nc(C)c(CC(=O)NCc3ccc(C(=O)O)cc3)c2C)n1. The van der Waals surface area contributed by atoms with E-state index in [1.807, 2.05) is 33.8 Å². The van der Waals surface area contributed by atoms with Gasteiger partial charge in [0.2, 0.25) is 5.91 Å². The van der Waals surface area contributed by atoms with Gasteiger partial charge in [-0.05, 0) is 51.5 Å². The van der Waals surface area contributed by atoms with E-state index in [0.29, 0.717) is 12.5 Å². The summed E-state index contributed by atoms with van der Waals surface area (Å²) in [7, 11) is 0. The van der Waals surface area contributed by atoms with Gasteiger partial charge in [0, 0.05) is 29.2 Å². The monoisotopic (exact) mass is 393 g/mol. The molecule has 1 aromatic carbocycles. The van der Waals surface area contributed by atoms with E-state index < -0.39 is 5.97 Å². The molecule has 0 fully saturated rings. The zero-order valence-electron chi connectivity index (χ0n) is 16.9. The van der Waals surface area contributed by atoms with E-state index in [1.165, 1.54) is 12.1 Å². The van der Waals surface area contributed by atoms with E-state index in [-0.39, 0.29) is 17.9 Å². The summed E-state index contributed by atoms with van der Waals surface area (Å²) >= 11 is 0. The molecule has 2 heterocycles. The number of rotatable bonds is 6. The Kier molecular flexibility index (Phi) is 5.72. The molecule has 0 saturated carbocycles. The molecule has 1 amide bonds. The number of aryl methyl sites for hydroxylation is 3. The van der Waals surface area contributed by atoms with E-state index in [0.717, 1.165) is 33.9 Å². The third-order valence-electron chi connectivity index (χ3n) is 4.63. The molecule has 150 valence electrons. The minimum Gasteiger partial charge on any atom is -0.478 e. The van der Waals surface area contributed by atoms with Crippen LogP contribution in [0.5, 0.6) is 0 Å². The Balaban J connectivity index is 1.70. The summed E-state index contributed by atoms with van der Waals surface area (Å²) in [5.41, 5.74) is 5.18. The van der Waals surface area contributed by atoms with E-state index >= 15 is 0 Å². The van der Waals surface area contributed by atoms with Crippen molar-refractivity contribution in [3.63, 3.8) is 0 Å². The standard InChI is InChI=1S/C21H23N5O3/c1-12-9-13(2)24-21(23-12)26-15(4)18(14(3)25-26)10-19(27)22-11-16-5-7-17(8-6-16)20(28)29/h5-9H,10-11H2,1-4H3,(H,22,27)(H,28,29). The maximum absolute atomic E-state index is 12.4. The Morgan fingerprint density at radius 2 is 1.66 bits per heavy atom. The molecule has 0 unspecified atom stereocenters. The second-order valence-electron chi connectivity index (χ2n) is 6.97. The van der Waals surface area contributed by atoms with Crippen LogP contribution in [0.1, 0.15) is 44.3 Å². The van der Waals surface area contributed by atoms with Crippen molar-refractivity contribution in [1.82, 2.24) is 25.1 Å². The number of hydrogen-bond donors (Lipinski definition) is 2. The highest BCUT2D eigenvalue weighted by atomic mass is 16.4. The van der Waals surface area contributed by atoms with Gasteiger partial charge >= 0.3 is 5.97 Å². The van der Waals surface area contributed by atoms with Crippen molar-refractivity contribution >= 4 is 11.9 Å². The number of nitrogens with zero attached hydrogens (tertiary/aromatic N) is 4. The Hall–Kier alpha value is -3.55. The quantitative estimate of drug-likeness (QED) is 0.666. The zero-order chi connectivity index (χ0) is 21.1. The second-order valence-corrected chi connectivity index (χ2v) is 6.97. The maximum atomic E-state index is 12.4. The van der Waals surface area contributed by atoms with Crippen molar-refractivity contribution < 1.29 is 14.7 Å². The number of benzene rings is 1. The zero-order valence-corrected chi connectivity index (χ0v) is 16.9. The van der Waals surface area contributed by atoms with Gasteiger partial charge in [-0.25, -0.2) is 19.4 Å². The highest BCUT2D eigenvalue weighted by Gasteiger charge is 2.17. The molecule has 0 aliphatic rings.